The molecule has 0 aliphatic carbocycles. The predicted octanol–water partition coefficient (Wildman–Crippen LogP) is 2.36. The number of nitriles is 1. The Labute approximate surface area is 131 Å². The number of amidine groups is 1. The number of carbonyl (C=O) groups excluding carboxylic acids is 1. The first-order valence-corrected chi connectivity index (χ1v) is 8.03. The molecule has 1 aromatic heterocycles. The van der Waals surface area contributed by atoms with Gasteiger partial charge in [0.05, 0.1) is 19.0 Å². The van der Waals surface area contributed by atoms with Crippen LogP contribution < -0.4 is 5.43 Å². The van der Waals surface area contributed by atoms with Crippen molar-refractivity contribution in [3.05, 3.63) is 34.2 Å². The standard InChI is InChI=1S/C13H14N4O2S2/c1-3-19-12(18)10(7-14)8-15-13(20-2)17-16-9-11-5-4-6-21-11/h4-6,8-9H,3H2,1-2H3,(H,15,17)/b10-8+,16-9?. The molecule has 0 aromatic carbocycles. The van der Waals surface area contributed by atoms with Crippen molar-refractivity contribution in [1.29, 1.82) is 5.26 Å². The fourth-order valence-corrected chi connectivity index (χ4v) is 1.99. The first-order valence-electron chi connectivity index (χ1n) is 5.93. The van der Waals surface area contributed by atoms with Crippen molar-refractivity contribution >= 4 is 40.5 Å². The van der Waals surface area contributed by atoms with Gasteiger partial charge in [0.2, 0.25) is 0 Å². The fourth-order valence-electron chi connectivity index (χ4n) is 1.10. The number of nitrogens with one attached hydrogen (secondary N) is 1. The van der Waals surface area contributed by atoms with Gasteiger partial charge in [-0.3, -0.25) is 5.43 Å². The van der Waals surface area contributed by atoms with Crippen molar-refractivity contribution in [3.63, 3.8) is 0 Å². The summed E-state index contributed by atoms with van der Waals surface area (Å²) in [6, 6.07) is 5.61. The van der Waals surface area contributed by atoms with E-state index in [0.717, 1.165) is 11.1 Å². The van der Waals surface area contributed by atoms with Gasteiger partial charge in [-0.05, 0) is 24.6 Å². The first-order chi connectivity index (χ1) is 10.2. The first kappa shape index (κ1) is 16.9. The number of thiophene rings is 1. The van der Waals surface area contributed by atoms with Gasteiger partial charge in [-0.1, -0.05) is 17.8 Å². The minimum absolute atomic E-state index is 0.160. The van der Waals surface area contributed by atoms with Crippen LogP contribution in [0, 0.1) is 11.3 Å². The highest BCUT2D eigenvalue weighted by atomic mass is 32.2. The molecule has 0 saturated heterocycles. The van der Waals surface area contributed by atoms with Crippen molar-refractivity contribution in [2.45, 2.75) is 6.92 Å². The lowest BCUT2D eigenvalue weighted by atomic mass is 10.3. The van der Waals surface area contributed by atoms with Crippen molar-refractivity contribution in [3.8, 4) is 6.07 Å². The number of thioether (sulfide) groups is 1. The van der Waals surface area contributed by atoms with E-state index in [9.17, 15) is 4.79 Å². The zero-order chi connectivity index (χ0) is 15.5. The van der Waals surface area contributed by atoms with Crippen molar-refractivity contribution in [2.75, 3.05) is 12.9 Å². The molecule has 1 aromatic rings. The Hall–Kier alpha value is -2.11. The van der Waals surface area contributed by atoms with Crippen molar-refractivity contribution < 1.29 is 9.53 Å². The Bertz CT molecular complexity index is 586. The molecule has 110 valence electrons. The minimum Gasteiger partial charge on any atom is -0.462 e. The molecule has 0 unspecified atom stereocenters. The minimum atomic E-state index is -0.689. The second kappa shape index (κ2) is 9.74. The molecule has 0 spiro atoms. The summed E-state index contributed by atoms with van der Waals surface area (Å²) in [6.45, 7) is 1.88. The topological polar surface area (TPSA) is 86.8 Å². The highest BCUT2D eigenvalue weighted by Gasteiger charge is 2.09. The predicted molar refractivity (Wildman–Crippen MR) is 86.3 cm³/mol. The van der Waals surface area contributed by atoms with E-state index in [1.807, 2.05) is 17.5 Å². The van der Waals surface area contributed by atoms with Crippen LogP contribution in [-0.4, -0.2) is 30.2 Å². The zero-order valence-electron chi connectivity index (χ0n) is 11.6. The monoisotopic (exact) mass is 322 g/mol. The molecule has 0 saturated carbocycles. The van der Waals surface area contributed by atoms with E-state index in [4.69, 9.17) is 10.00 Å². The summed E-state index contributed by atoms with van der Waals surface area (Å²) in [5.74, 6) is -0.689. The number of hydrogen-bond donors (Lipinski definition) is 1. The highest BCUT2D eigenvalue weighted by Crippen LogP contribution is 2.05. The second-order valence-electron chi connectivity index (χ2n) is 3.40. The SMILES string of the molecule is CCOC(=O)/C(C#N)=C/N=C(NN=Cc1cccs1)SC. The van der Waals surface area contributed by atoms with Gasteiger partial charge in [-0.25, -0.2) is 9.79 Å². The maximum Gasteiger partial charge on any atom is 0.350 e. The number of nitrogens with zero attached hydrogens (tertiary/aromatic N) is 3. The van der Waals surface area contributed by atoms with E-state index in [1.165, 1.54) is 11.8 Å². The lowest BCUT2D eigenvalue weighted by Crippen LogP contribution is -2.13. The van der Waals surface area contributed by atoms with Crippen LogP contribution in [0.2, 0.25) is 0 Å². The van der Waals surface area contributed by atoms with E-state index in [-0.39, 0.29) is 12.2 Å². The van der Waals surface area contributed by atoms with E-state index in [0.29, 0.717) is 5.17 Å². The number of rotatable bonds is 5. The Balaban J connectivity index is 2.69. The molecule has 0 radical (unpaired) electrons. The quantitative estimate of drug-likeness (QED) is 0.224. The Kier molecular flexibility index (Phi) is 7.86. The molecule has 0 amide bonds. The molecule has 0 aliphatic heterocycles. The normalized spacial score (nSPS) is 12.2. The summed E-state index contributed by atoms with van der Waals surface area (Å²) in [6.07, 6.45) is 4.63. The molecule has 1 rings (SSSR count). The summed E-state index contributed by atoms with van der Waals surface area (Å²) in [5, 5.41) is 15.3. The molecular weight excluding hydrogens is 308 g/mol. The van der Waals surface area contributed by atoms with Crippen LogP contribution in [0.1, 0.15) is 11.8 Å². The molecule has 21 heavy (non-hydrogen) atoms. The molecular formula is C13H14N4O2S2. The van der Waals surface area contributed by atoms with Gasteiger partial charge in [0.25, 0.3) is 0 Å². The van der Waals surface area contributed by atoms with E-state index in [1.54, 1.807) is 36.8 Å². The molecule has 0 bridgehead atoms. The van der Waals surface area contributed by atoms with Gasteiger partial charge in [-0.15, -0.1) is 11.3 Å². The Morgan fingerprint density at radius 1 is 1.67 bits per heavy atom. The Morgan fingerprint density at radius 3 is 3.05 bits per heavy atom. The molecule has 6 nitrogen and oxygen atoms in total. The van der Waals surface area contributed by atoms with E-state index in [2.05, 4.69) is 15.5 Å². The van der Waals surface area contributed by atoms with Crippen molar-refractivity contribution in [2.24, 2.45) is 10.1 Å². The number of hydrazone groups is 1. The molecule has 8 heteroatoms. The lowest BCUT2D eigenvalue weighted by Gasteiger charge is -2.00. The van der Waals surface area contributed by atoms with Crippen LogP contribution >= 0.6 is 23.1 Å². The van der Waals surface area contributed by atoms with Gasteiger partial charge in [-0.2, -0.15) is 10.4 Å². The number of aliphatic imine (C=N–C) groups is 1. The van der Waals surface area contributed by atoms with Crippen LogP contribution in [0.15, 0.2) is 39.4 Å². The average molecular weight is 322 g/mol. The number of ether oxygens (including phenoxy) is 1. The van der Waals surface area contributed by atoms with Gasteiger partial charge in [0.15, 0.2) is 10.7 Å². The number of hydrogen-bond acceptors (Lipinski definition) is 7. The van der Waals surface area contributed by atoms with Crippen LogP contribution in [0.5, 0.6) is 0 Å². The smallest absolute Gasteiger partial charge is 0.350 e. The maximum atomic E-state index is 11.4. The molecule has 0 fully saturated rings. The molecule has 1 N–H and O–H groups in total. The zero-order valence-corrected chi connectivity index (χ0v) is 13.2. The van der Waals surface area contributed by atoms with E-state index >= 15 is 0 Å². The van der Waals surface area contributed by atoms with E-state index < -0.39 is 5.97 Å². The summed E-state index contributed by atoms with van der Waals surface area (Å²) < 4.78 is 4.74. The van der Waals surface area contributed by atoms with Gasteiger partial charge >= 0.3 is 5.97 Å². The third-order valence-electron chi connectivity index (χ3n) is 2.02. The third-order valence-corrected chi connectivity index (χ3v) is 3.41. The van der Waals surface area contributed by atoms with Crippen LogP contribution in [-0.2, 0) is 9.53 Å². The number of carbonyl (C=O) groups is 1. The summed E-state index contributed by atoms with van der Waals surface area (Å²) >= 11 is 2.87. The second-order valence-corrected chi connectivity index (χ2v) is 5.17. The van der Waals surface area contributed by atoms with Crippen molar-refractivity contribution in [1.82, 2.24) is 5.43 Å². The highest BCUT2D eigenvalue weighted by molar-refractivity contribution is 8.13. The average Bonchev–Trinajstić information content (AvgIpc) is 2.99. The van der Waals surface area contributed by atoms with Gasteiger partial charge in [0.1, 0.15) is 6.07 Å². The lowest BCUT2D eigenvalue weighted by molar-refractivity contribution is -0.138. The van der Waals surface area contributed by atoms with Gasteiger partial charge in [0, 0.05) is 4.88 Å². The van der Waals surface area contributed by atoms with Crippen LogP contribution in [0.3, 0.4) is 0 Å². The molecule has 0 aliphatic rings. The van der Waals surface area contributed by atoms with Crippen LogP contribution in [0.25, 0.3) is 0 Å². The van der Waals surface area contributed by atoms with Crippen LogP contribution in [0.4, 0.5) is 0 Å². The summed E-state index contributed by atoms with van der Waals surface area (Å²) in [4.78, 5) is 16.4. The molecule has 0 atom stereocenters. The number of esters is 1. The third kappa shape index (κ3) is 6.25. The largest absolute Gasteiger partial charge is 0.462 e. The Morgan fingerprint density at radius 2 is 2.48 bits per heavy atom. The maximum absolute atomic E-state index is 11.4. The van der Waals surface area contributed by atoms with Gasteiger partial charge < -0.3 is 4.74 Å². The summed E-state index contributed by atoms with van der Waals surface area (Å²) in [7, 11) is 0. The molecule has 1 heterocycles. The summed E-state index contributed by atoms with van der Waals surface area (Å²) in [5.41, 5.74) is 2.58. The fraction of sp³-hybridized carbons (Fsp3) is 0.231.